The summed E-state index contributed by atoms with van der Waals surface area (Å²) in [6.45, 7) is 31.7. The van der Waals surface area contributed by atoms with Gasteiger partial charge in [0.15, 0.2) is 0 Å². The number of aryl methyl sites for hydroxylation is 1. The van der Waals surface area contributed by atoms with Crippen LogP contribution in [0.5, 0.6) is 0 Å². The monoisotopic (exact) mass is 881 g/mol. The Balaban J connectivity index is 1.21. The lowest BCUT2D eigenvalue weighted by Crippen LogP contribution is -2.61. The van der Waals surface area contributed by atoms with Crippen LogP contribution in [0.2, 0.25) is 0 Å². The first-order valence-corrected chi connectivity index (χ1v) is 25.4. The Labute approximate surface area is 401 Å². The predicted octanol–water partition coefficient (Wildman–Crippen LogP) is 15.5. The van der Waals surface area contributed by atoms with Crippen molar-refractivity contribution in [2.45, 2.75) is 161 Å². The molecule has 340 valence electrons. The van der Waals surface area contributed by atoms with E-state index in [-0.39, 0.29) is 39.2 Å². The summed E-state index contributed by atoms with van der Waals surface area (Å²) in [4.78, 5) is 5.26. The number of fused-ring (bicyclic) bond motifs is 9. The van der Waals surface area contributed by atoms with E-state index in [9.17, 15) is 0 Å². The number of hydrogen-bond acceptors (Lipinski definition) is 3. The Hall–Kier alpha value is -5.48. The zero-order valence-corrected chi connectivity index (χ0v) is 42.5. The van der Waals surface area contributed by atoms with E-state index in [1.54, 1.807) is 0 Å². The third kappa shape index (κ3) is 6.22. The minimum absolute atomic E-state index is 0.0357. The highest BCUT2D eigenvalue weighted by Gasteiger charge is 2.50. The van der Waals surface area contributed by atoms with Crippen molar-refractivity contribution in [3.63, 3.8) is 0 Å². The molecule has 0 N–H and O–H groups in total. The average Bonchev–Trinajstić information content (AvgIpc) is 3.66. The maximum Gasteiger partial charge on any atom is 0.297 e. The van der Waals surface area contributed by atoms with Crippen molar-refractivity contribution in [1.29, 1.82) is 0 Å². The summed E-state index contributed by atoms with van der Waals surface area (Å²) in [7, 11) is 0. The molecule has 6 aromatic carbocycles. The second kappa shape index (κ2) is 13.8. The molecule has 0 bridgehead atoms. The lowest BCUT2D eigenvalue weighted by Gasteiger charge is -2.47. The molecular formula is C63H69BN2O. The lowest BCUT2D eigenvalue weighted by molar-refractivity contribution is 0.332. The summed E-state index contributed by atoms with van der Waals surface area (Å²) in [5.41, 5.74) is 25.0. The summed E-state index contributed by atoms with van der Waals surface area (Å²) >= 11 is 0. The maximum absolute atomic E-state index is 7.66. The van der Waals surface area contributed by atoms with Gasteiger partial charge in [0.25, 0.3) is 6.71 Å². The number of furan rings is 1. The number of anilines is 6. The number of hydrogen-bond donors (Lipinski definition) is 0. The minimum Gasteiger partial charge on any atom is -0.468 e. The van der Waals surface area contributed by atoms with Crippen molar-refractivity contribution in [3.8, 4) is 11.1 Å². The number of benzene rings is 6. The first-order valence-electron chi connectivity index (χ1n) is 25.4. The van der Waals surface area contributed by atoms with E-state index in [2.05, 4.69) is 209 Å². The van der Waals surface area contributed by atoms with E-state index in [4.69, 9.17) is 4.42 Å². The molecule has 0 radical (unpaired) electrons. The summed E-state index contributed by atoms with van der Waals surface area (Å²) in [5, 5.41) is 1.21. The normalized spacial score (nSPS) is 20.6. The fourth-order valence-corrected chi connectivity index (χ4v) is 13.5. The molecule has 0 saturated carbocycles. The highest BCUT2D eigenvalue weighted by Crippen LogP contribution is 2.55. The van der Waals surface area contributed by atoms with E-state index in [0.29, 0.717) is 0 Å². The molecule has 0 saturated heterocycles. The summed E-state index contributed by atoms with van der Waals surface area (Å²) in [6, 6.07) is 42.8. The maximum atomic E-state index is 7.66. The first kappa shape index (κ1) is 42.8. The largest absolute Gasteiger partial charge is 0.468 e. The SMILES string of the molecule is Cc1cc2c3c(c1)N(c1cccc(-c4ccccc4)c1)c1c(oc4cc5c(cc14)C(C)(C)CCC5(C)C)B3c1cc3c(cc1N2c1ccc2c(c1)C(C)(C)CCC2(C)C)C(C)(C)CCC3(C)C. The number of rotatable bonds is 3. The van der Waals surface area contributed by atoms with Crippen LogP contribution in [-0.2, 0) is 32.5 Å². The number of nitrogens with zero attached hydrogens (tertiary/aromatic N) is 2. The van der Waals surface area contributed by atoms with Crippen LogP contribution >= 0.6 is 0 Å². The van der Waals surface area contributed by atoms with Gasteiger partial charge in [-0.1, -0.05) is 138 Å². The standard InChI is InChI=1S/C63H69BN2O/c1-38-30-52-55-53(31-38)66(41-21-17-20-40(32-41)39-18-15-14-16-19-39)56-43-34-46-49(63(12,13)29-26-60(46,6)7)37-54(43)67-57(56)64(55)50-35-47-48(62(10,11)28-27-61(47,8)9)36-51(50)65(52)42-22-23-44-45(33-42)59(4,5)25-24-58(44,2)3/h14-23,30-37H,24-29H2,1-13H3. The molecule has 67 heavy (non-hydrogen) atoms. The van der Waals surface area contributed by atoms with Gasteiger partial charge in [-0.05, 0) is 194 Å². The van der Waals surface area contributed by atoms with Gasteiger partial charge in [0.1, 0.15) is 5.58 Å². The van der Waals surface area contributed by atoms with E-state index in [0.717, 1.165) is 36.2 Å². The third-order valence-corrected chi connectivity index (χ3v) is 18.1. The molecule has 3 nitrogen and oxygen atoms in total. The molecule has 1 aromatic heterocycles. The summed E-state index contributed by atoms with van der Waals surface area (Å²) in [5.74, 6) is 0. The lowest BCUT2D eigenvalue weighted by atomic mass is 9.35. The second-order valence-electron chi connectivity index (χ2n) is 25.4. The molecule has 2 aliphatic heterocycles. The fourth-order valence-electron chi connectivity index (χ4n) is 13.5. The van der Waals surface area contributed by atoms with E-state index < -0.39 is 0 Å². The molecular weight excluding hydrogens is 812 g/mol. The third-order valence-electron chi connectivity index (χ3n) is 18.1. The molecule has 0 fully saturated rings. The first-order chi connectivity index (χ1) is 31.6. The molecule has 7 aromatic rings. The summed E-state index contributed by atoms with van der Waals surface area (Å²) < 4.78 is 7.66. The average molecular weight is 881 g/mol. The summed E-state index contributed by atoms with van der Waals surface area (Å²) in [6.07, 6.45) is 7.02. The van der Waals surface area contributed by atoms with Gasteiger partial charge in [-0.3, -0.25) is 0 Å². The Kier molecular flexibility index (Phi) is 8.84. The van der Waals surface area contributed by atoms with Crippen molar-refractivity contribution >= 4 is 68.4 Å². The van der Waals surface area contributed by atoms with Gasteiger partial charge >= 0.3 is 0 Å². The predicted molar refractivity (Wildman–Crippen MR) is 286 cm³/mol. The van der Waals surface area contributed by atoms with Crippen LogP contribution < -0.4 is 26.4 Å². The van der Waals surface area contributed by atoms with E-state index >= 15 is 0 Å². The van der Waals surface area contributed by atoms with Crippen LogP contribution in [-0.4, -0.2) is 6.71 Å². The quantitative estimate of drug-likeness (QED) is 0.165. The Morgan fingerprint density at radius 3 is 1.57 bits per heavy atom. The van der Waals surface area contributed by atoms with Crippen molar-refractivity contribution in [1.82, 2.24) is 0 Å². The van der Waals surface area contributed by atoms with Gasteiger partial charge in [0, 0.05) is 33.8 Å². The second-order valence-corrected chi connectivity index (χ2v) is 25.4. The molecule has 3 aliphatic carbocycles. The van der Waals surface area contributed by atoms with Gasteiger partial charge in [0.05, 0.1) is 11.3 Å². The molecule has 0 unspecified atom stereocenters. The van der Waals surface area contributed by atoms with Gasteiger partial charge < -0.3 is 14.2 Å². The minimum atomic E-state index is -0.106. The smallest absolute Gasteiger partial charge is 0.297 e. The fraction of sp³-hybridized carbons (Fsp3) is 0.397. The van der Waals surface area contributed by atoms with Crippen LogP contribution in [0, 0.1) is 6.92 Å². The van der Waals surface area contributed by atoms with Crippen molar-refractivity contribution in [2.75, 3.05) is 9.80 Å². The van der Waals surface area contributed by atoms with Crippen LogP contribution in [0.3, 0.4) is 0 Å². The van der Waals surface area contributed by atoms with E-state index in [1.165, 1.54) is 114 Å². The van der Waals surface area contributed by atoms with Crippen LogP contribution in [0.4, 0.5) is 34.1 Å². The van der Waals surface area contributed by atoms with Gasteiger partial charge in [-0.15, -0.1) is 0 Å². The zero-order chi connectivity index (χ0) is 47.0. The van der Waals surface area contributed by atoms with Gasteiger partial charge in [0.2, 0.25) is 0 Å². The zero-order valence-electron chi connectivity index (χ0n) is 42.5. The molecule has 12 rings (SSSR count). The molecule has 5 aliphatic rings. The van der Waals surface area contributed by atoms with Gasteiger partial charge in [-0.25, -0.2) is 0 Å². The molecule has 0 spiro atoms. The molecule has 0 atom stereocenters. The molecule has 3 heterocycles. The van der Waals surface area contributed by atoms with Crippen molar-refractivity contribution in [3.05, 3.63) is 148 Å². The molecule has 4 heteroatoms. The van der Waals surface area contributed by atoms with Crippen LogP contribution in [0.15, 0.2) is 114 Å². The van der Waals surface area contributed by atoms with Crippen LogP contribution in [0.1, 0.15) is 161 Å². The highest BCUT2D eigenvalue weighted by atomic mass is 16.3. The topological polar surface area (TPSA) is 19.6 Å². The Bertz CT molecular complexity index is 3230. The molecule has 0 amide bonds. The van der Waals surface area contributed by atoms with Gasteiger partial charge in [-0.2, -0.15) is 0 Å². The Morgan fingerprint density at radius 1 is 0.433 bits per heavy atom. The van der Waals surface area contributed by atoms with Crippen LogP contribution in [0.25, 0.3) is 22.1 Å². The van der Waals surface area contributed by atoms with E-state index in [1.807, 2.05) is 0 Å². The van der Waals surface area contributed by atoms with Crippen molar-refractivity contribution in [2.24, 2.45) is 0 Å². The highest BCUT2D eigenvalue weighted by molar-refractivity contribution is 7.00. The van der Waals surface area contributed by atoms with Crippen molar-refractivity contribution < 1.29 is 4.42 Å². The Morgan fingerprint density at radius 2 is 0.940 bits per heavy atom.